The Morgan fingerprint density at radius 3 is 1.86 bits per heavy atom. The van der Waals surface area contributed by atoms with Crippen molar-refractivity contribution in [1.82, 2.24) is 0 Å². The minimum absolute atomic E-state index is 0.0914. The van der Waals surface area contributed by atoms with Crippen LogP contribution in [0.4, 0.5) is 0 Å². The van der Waals surface area contributed by atoms with E-state index in [2.05, 4.69) is 19.7 Å². The van der Waals surface area contributed by atoms with Crippen LogP contribution in [0.3, 0.4) is 0 Å². The van der Waals surface area contributed by atoms with E-state index in [9.17, 15) is 0 Å². The summed E-state index contributed by atoms with van der Waals surface area (Å²) in [7, 11) is -2.72. The zero-order valence-electron chi connectivity index (χ0n) is 14.3. The molecule has 128 valence electrons. The van der Waals surface area contributed by atoms with E-state index in [0.29, 0.717) is 32.4 Å². The Kier molecular flexibility index (Phi) is 11.4. The first-order valence-electron chi connectivity index (χ1n) is 8.02. The number of nitrogens with two attached hydrogens (primary N) is 1. The van der Waals surface area contributed by atoms with E-state index in [-0.39, 0.29) is 5.41 Å². The topological polar surface area (TPSA) is 53.7 Å². The zero-order valence-corrected chi connectivity index (χ0v) is 15.3. The maximum Gasteiger partial charge on any atom is 0.504 e. The fourth-order valence-electron chi connectivity index (χ4n) is 2.58. The molecule has 0 fully saturated rings. The monoisotopic (exact) mass is 327 g/mol. The molecule has 2 N–H and O–H groups in total. The standard InChI is InChI=1S/C17H33NO3Si/c1-6-11-17(12-7-2,13-14-18)16-21-22(15-8-3,19-9-4)20-10-5/h6-8H,1-3,9-16,18H2,4-5H3. The highest BCUT2D eigenvalue weighted by molar-refractivity contribution is 6.61. The highest BCUT2D eigenvalue weighted by atomic mass is 28.4. The van der Waals surface area contributed by atoms with Crippen molar-refractivity contribution in [1.29, 1.82) is 0 Å². The van der Waals surface area contributed by atoms with Gasteiger partial charge in [-0.15, -0.1) is 19.7 Å². The number of rotatable bonds is 15. The minimum Gasteiger partial charge on any atom is -0.374 e. The van der Waals surface area contributed by atoms with Crippen molar-refractivity contribution < 1.29 is 13.3 Å². The summed E-state index contributed by atoms with van der Waals surface area (Å²) in [5.41, 5.74) is 5.71. The average Bonchev–Trinajstić information content (AvgIpc) is 2.47. The summed E-state index contributed by atoms with van der Waals surface area (Å²) in [6.45, 7) is 17.7. The second kappa shape index (κ2) is 11.8. The van der Waals surface area contributed by atoms with E-state index < -0.39 is 8.80 Å². The lowest BCUT2D eigenvalue weighted by atomic mass is 9.79. The van der Waals surface area contributed by atoms with Crippen LogP contribution in [0.5, 0.6) is 0 Å². The van der Waals surface area contributed by atoms with E-state index in [1.165, 1.54) is 0 Å². The van der Waals surface area contributed by atoms with Crippen LogP contribution in [0.2, 0.25) is 6.04 Å². The molecule has 5 heteroatoms. The molecular formula is C17H33NO3Si. The van der Waals surface area contributed by atoms with Crippen molar-refractivity contribution in [2.24, 2.45) is 11.1 Å². The molecule has 0 aliphatic carbocycles. The van der Waals surface area contributed by atoms with E-state index in [0.717, 1.165) is 19.3 Å². The molecule has 0 bridgehead atoms. The SMILES string of the molecule is C=CCC(CC=C)(CCN)CO[Si](CC=C)(OCC)OCC. The molecule has 0 aliphatic heterocycles. The van der Waals surface area contributed by atoms with Crippen LogP contribution in [0.15, 0.2) is 38.0 Å². The Balaban J connectivity index is 5.16. The van der Waals surface area contributed by atoms with E-state index in [4.69, 9.17) is 19.0 Å². The lowest BCUT2D eigenvalue weighted by molar-refractivity contribution is 0.0296. The molecule has 0 heterocycles. The summed E-state index contributed by atoms with van der Waals surface area (Å²) >= 11 is 0. The van der Waals surface area contributed by atoms with Crippen LogP contribution in [0.25, 0.3) is 0 Å². The molecule has 0 saturated heterocycles. The van der Waals surface area contributed by atoms with Crippen LogP contribution in [-0.2, 0) is 13.3 Å². The first-order chi connectivity index (χ1) is 10.6. The van der Waals surface area contributed by atoms with Gasteiger partial charge >= 0.3 is 8.80 Å². The number of allylic oxidation sites excluding steroid dienone is 3. The maximum absolute atomic E-state index is 6.25. The summed E-state index contributed by atoms with van der Waals surface area (Å²) in [5, 5.41) is 0. The summed E-state index contributed by atoms with van der Waals surface area (Å²) in [6, 6.07) is 0.607. The smallest absolute Gasteiger partial charge is 0.374 e. The van der Waals surface area contributed by atoms with Crippen molar-refractivity contribution in [2.45, 2.75) is 39.2 Å². The number of hydrogen-bond donors (Lipinski definition) is 1. The fraction of sp³-hybridized carbons (Fsp3) is 0.647. The molecule has 0 amide bonds. The van der Waals surface area contributed by atoms with Gasteiger partial charge in [-0.05, 0) is 39.7 Å². The fourth-order valence-corrected chi connectivity index (χ4v) is 4.94. The molecule has 0 atom stereocenters. The van der Waals surface area contributed by atoms with Crippen molar-refractivity contribution in [3.05, 3.63) is 38.0 Å². The van der Waals surface area contributed by atoms with Gasteiger partial charge in [0.2, 0.25) is 0 Å². The van der Waals surface area contributed by atoms with Gasteiger partial charge < -0.3 is 19.0 Å². The number of hydrogen-bond acceptors (Lipinski definition) is 4. The summed E-state index contributed by atoms with van der Waals surface area (Å²) in [5.74, 6) is 0. The van der Waals surface area contributed by atoms with Crippen molar-refractivity contribution in [3.63, 3.8) is 0 Å². The Hall–Kier alpha value is -0.723. The second-order valence-corrected chi connectivity index (χ2v) is 8.00. The Labute approximate surface area is 137 Å². The van der Waals surface area contributed by atoms with Gasteiger partial charge in [-0.1, -0.05) is 18.2 Å². The van der Waals surface area contributed by atoms with Gasteiger partial charge in [-0.3, -0.25) is 0 Å². The predicted octanol–water partition coefficient (Wildman–Crippen LogP) is 3.69. The quantitative estimate of drug-likeness (QED) is 0.368. The third kappa shape index (κ3) is 7.02. The van der Waals surface area contributed by atoms with Crippen LogP contribution in [0.1, 0.15) is 33.1 Å². The first kappa shape index (κ1) is 21.3. The molecule has 0 aromatic carbocycles. The molecule has 0 spiro atoms. The molecule has 4 nitrogen and oxygen atoms in total. The molecule has 22 heavy (non-hydrogen) atoms. The first-order valence-corrected chi connectivity index (χ1v) is 9.95. The predicted molar refractivity (Wildman–Crippen MR) is 95.7 cm³/mol. The lowest BCUT2D eigenvalue weighted by Crippen LogP contribution is -2.48. The van der Waals surface area contributed by atoms with E-state index in [1.807, 2.05) is 32.1 Å². The van der Waals surface area contributed by atoms with Crippen LogP contribution < -0.4 is 5.73 Å². The molecule has 0 unspecified atom stereocenters. The summed E-state index contributed by atoms with van der Waals surface area (Å²) in [4.78, 5) is 0. The molecule has 0 saturated carbocycles. The third-order valence-electron chi connectivity index (χ3n) is 3.55. The molecule has 0 aliphatic rings. The normalized spacial score (nSPS) is 12.1. The summed E-state index contributed by atoms with van der Waals surface area (Å²) in [6.07, 6.45) is 8.15. The Morgan fingerprint density at radius 2 is 1.50 bits per heavy atom. The molecule has 0 radical (unpaired) electrons. The molecule has 0 aromatic heterocycles. The molecule has 0 aromatic rings. The van der Waals surface area contributed by atoms with Crippen LogP contribution in [0, 0.1) is 5.41 Å². The van der Waals surface area contributed by atoms with Crippen molar-refractivity contribution in [3.8, 4) is 0 Å². The van der Waals surface area contributed by atoms with Gasteiger partial charge in [-0.25, -0.2) is 0 Å². The average molecular weight is 328 g/mol. The zero-order chi connectivity index (χ0) is 16.9. The Morgan fingerprint density at radius 1 is 0.955 bits per heavy atom. The van der Waals surface area contributed by atoms with Gasteiger partial charge in [0, 0.05) is 31.3 Å². The van der Waals surface area contributed by atoms with E-state index >= 15 is 0 Å². The van der Waals surface area contributed by atoms with Crippen molar-refractivity contribution >= 4 is 8.80 Å². The van der Waals surface area contributed by atoms with Crippen molar-refractivity contribution in [2.75, 3.05) is 26.4 Å². The van der Waals surface area contributed by atoms with Gasteiger partial charge in [0.05, 0.1) is 0 Å². The highest BCUT2D eigenvalue weighted by Gasteiger charge is 2.42. The van der Waals surface area contributed by atoms with E-state index in [1.54, 1.807) is 0 Å². The minimum atomic E-state index is -2.72. The third-order valence-corrected chi connectivity index (χ3v) is 6.38. The highest BCUT2D eigenvalue weighted by Crippen LogP contribution is 2.33. The molecular weight excluding hydrogens is 294 g/mol. The van der Waals surface area contributed by atoms with Gasteiger partial charge in [0.1, 0.15) is 0 Å². The van der Waals surface area contributed by atoms with Gasteiger partial charge in [-0.2, -0.15) is 0 Å². The molecule has 0 rings (SSSR count). The Bertz CT molecular complexity index is 318. The van der Waals surface area contributed by atoms with Crippen LogP contribution >= 0.6 is 0 Å². The van der Waals surface area contributed by atoms with Crippen LogP contribution in [-0.4, -0.2) is 35.2 Å². The largest absolute Gasteiger partial charge is 0.504 e. The second-order valence-electron chi connectivity index (χ2n) is 5.35. The van der Waals surface area contributed by atoms with Gasteiger partial charge in [0.15, 0.2) is 0 Å². The maximum atomic E-state index is 6.25. The summed E-state index contributed by atoms with van der Waals surface area (Å²) < 4.78 is 18.0. The lowest BCUT2D eigenvalue weighted by Gasteiger charge is -2.36. The van der Waals surface area contributed by atoms with Gasteiger partial charge in [0.25, 0.3) is 0 Å².